The van der Waals surface area contributed by atoms with Crippen molar-refractivity contribution in [2.24, 2.45) is 0 Å². The minimum absolute atomic E-state index is 0.0486. The van der Waals surface area contributed by atoms with Crippen LogP contribution in [0.25, 0.3) is 17.4 Å². The van der Waals surface area contributed by atoms with Crippen LogP contribution in [0.5, 0.6) is 0 Å². The largest absolute Gasteiger partial charge is 0.457 e. The molecule has 1 aromatic heterocycles. The van der Waals surface area contributed by atoms with Crippen LogP contribution in [0.4, 0.5) is 10.1 Å². The van der Waals surface area contributed by atoms with Crippen molar-refractivity contribution in [1.82, 2.24) is 5.32 Å². The fourth-order valence-electron chi connectivity index (χ4n) is 2.88. The molecule has 0 unspecified atom stereocenters. The predicted molar refractivity (Wildman–Crippen MR) is 112 cm³/mol. The van der Waals surface area contributed by atoms with E-state index in [-0.39, 0.29) is 22.1 Å². The molecule has 1 saturated heterocycles. The van der Waals surface area contributed by atoms with Gasteiger partial charge in [0.15, 0.2) is 5.11 Å². The first-order valence-electron chi connectivity index (χ1n) is 8.46. The molecule has 8 heteroatoms. The van der Waals surface area contributed by atoms with E-state index in [0.717, 1.165) is 10.5 Å². The number of amides is 2. The van der Waals surface area contributed by atoms with Crippen LogP contribution in [-0.2, 0) is 9.59 Å². The third-order valence-electron chi connectivity index (χ3n) is 4.22. The lowest BCUT2D eigenvalue weighted by molar-refractivity contribution is -0.122. The summed E-state index contributed by atoms with van der Waals surface area (Å²) in [5.41, 5.74) is 0.469. The molecule has 1 N–H and O–H groups in total. The van der Waals surface area contributed by atoms with Gasteiger partial charge in [0.05, 0.1) is 5.69 Å². The normalized spacial score (nSPS) is 15.7. The maximum atomic E-state index is 14.2. The smallest absolute Gasteiger partial charge is 0.270 e. The number of nitrogens with zero attached hydrogens (tertiary/aromatic N) is 1. The molecule has 0 bridgehead atoms. The minimum atomic E-state index is -0.746. The molecule has 144 valence electrons. The molecule has 0 aliphatic carbocycles. The van der Waals surface area contributed by atoms with Crippen molar-refractivity contribution in [3.63, 3.8) is 0 Å². The Morgan fingerprint density at radius 2 is 1.86 bits per heavy atom. The van der Waals surface area contributed by atoms with Crippen LogP contribution in [0.15, 0.2) is 70.7 Å². The van der Waals surface area contributed by atoms with Crippen molar-refractivity contribution in [3.8, 4) is 11.3 Å². The van der Waals surface area contributed by atoms with Crippen LogP contribution in [0.1, 0.15) is 5.76 Å². The molecule has 5 nitrogen and oxygen atoms in total. The van der Waals surface area contributed by atoms with Gasteiger partial charge >= 0.3 is 0 Å². The summed E-state index contributed by atoms with van der Waals surface area (Å²) in [5.74, 6) is -1.28. The topological polar surface area (TPSA) is 62.6 Å². The van der Waals surface area contributed by atoms with E-state index in [4.69, 9.17) is 28.2 Å². The van der Waals surface area contributed by atoms with Gasteiger partial charge in [-0.1, -0.05) is 35.9 Å². The Kier molecular flexibility index (Phi) is 5.00. The maximum Gasteiger partial charge on any atom is 0.270 e. The molecule has 29 heavy (non-hydrogen) atoms. The van der Waals surface area contributed by atoms with E-state index in [1.54, 1.807) is 36.4 Å². The minimum Gasteiger partial charge on any atom is -0.457 e. The Balaban J connectivity index is 1.70. The Hall–Kier alpha value is -3.29. The number of halogens is 2. The summed E-state index contributed by atoms with van der Waals surface area (Å²) in [5, 5.41) is 2.76. The van der Waals surface area contributed by atoms with Gasteiger partial charge in [-0.2, -0.15) is 0 Å². The highest BCUT2D eigenvalue weighted by Gasteiger charge is 2.35. The number of nitrogens with one attached hydrogen (secondary N) is 1. The van der Waals surface area contributed by atoms with E-state index < -0.39 is 17.6 Å². The average Bonchev–Trinajstić information content (AvgIpc) is 3.15. The summed E-state index contributed by atoms with van der Waals surface area (Å²) in [6.45, 7) is 0. The second-order valence-electron chi connectivity index (χ2n) is 6.12. The average molecular weight is 427 g/mol. The lowest BCUT2D eigenvalue weighted by Gasteiger charge is -2.28. The number of hydrogen-bond acceptors (Lipinski definition) is 4. The molecule has 0 spiro atoms. The van der Waals surface area contributed by atoms with E-state index in [9.17, 15) is 14.0 Å². The number of anilines is 1. The number of benzene rings is 2. The van der Waals surface area contributed by atoms with Gasteiger partial charge in [0.1, 0.15) is 22.9 Å². The molecule has 2 aromatic carbocycles. The van der Waals surface area contributed by atoms with Gasteiger partial charge in [-0.15, -0.1) is 0 Å². The van der Waals surface area contributed by atoms with Gasteiger partial charge in [-0.25, -0.2) is 9.29 Å². The summed E-state index contributed by atoms with van der Waals surface area (Å²) in [6, 6.07) is 16.0. The van der Waals surface area contributed by atoms with E-state index in [1.807, 2.05) is 6.07 Å². The zero-order chi connectivity index (χ0) is 20.5. The van der Waals surface area contributed by atoms with Crippen molar-refractivity contribution in [1.29, 1.82) is 0 Å². The highest BCUT2D eigenvalue weighted by Crippen LogP contribution is 2.28. The Labute approximate surface area is 175 Å². The van der Waals surface area contributed by atoms with Gasteiger partial charge in [0.2, 0.25) is 0 Å². The number of rotatable bonds is 3. The van der Waals surface area contributed by atoms with Gasteiger partial charge in [-0.3, -0.25) is 14.9 Å². The summed E-state index contributed by atoms with van der Waals surface area (Å²) in [6.07, 6.45) is 1.29. The number of thiocarbonyl (C=S) groups is 1. The first-order chi connectivity index (χ1) is 13.9. The molecule has 1 aliphatic heterocycles. The van der Waals surface area contributed by atoms with Crippen molar-refractivity contribution in [3.05, 3.63) is 82.8 Å². The molecule has 0 atom stereocenters. The second-order valence-corrected chi connectivity index (χ2v) is 6.94. The van der Waals surface area contributed by atoms with Crippen LogP contribution < -0.4 is 10.2 Å². The van der Waals surface area contributed by atoms with Gasteiger partial charge in [0.25, 0.3) is 11.8 Å². The molecular formula is C21H12ClFN2O3S. The number of furan rings is 1. The first kappa shape index (κ1) is 19.0. The van der Waals surface area contributed by atoms with Crippen LogP contribution in [-0.4, -0.2) is 16.9 Å². The molecule has 4 rings (SSSR count). The van der Waals surface area contributed by atoms with Crippen molar-refractivity contribution in [2.45, 2.75) is 0 Å². The molecular weight excluding hydrogens is 415 g/mol. The van der Waals surface area contributed by atoms with Crippen LogP contribution in [0, 0.1) is 5.82 Å². The molecule has 2 heterocycles. The van der Waals surface area contributed by atoms with Gasteiger partial charge < -0.3 is 4.42 Å². The maximum absolute atomic E-state index is 14.2. The standard InChI is InChI=1S/C21H12ClFN2O3S/c22-13-5-3-4-12(10-13)18-9-8-14(28-18)11-15-19(26)24-21(29)25(20(15)27)17-7-2-1-6-16(17)23/h1-11H,(H,24,26,29)/b15-11+. The van der Waals surface area contributed by atoms with Crippen molar-refractivity contribution in [2.75, 3.05) is 4.90 Å². The third kappa shape index (κ3) is 3.70. The van der Waals surface area contributed by atoms with Crippen molar-refractivity contribution >= 4 is 52.5 Å². The van der Waals surface area contributed by atoms with Crippen LogP contribution in [0.2, 0.25) is 5.02 Å². The lowest BCUT2D eigenvalue weighted by atomic mass is 10.1. The fraction of sp³-hybridized carbons (Fsp3) is 0. The van der Waals surface area contributed by atoms with Gasteiger partial charge in [-0.05, 0) is 54.7 Å². The van der Waals surface area contributed by atoms with Crippen LogP contribution in [0.3, 0.4) is 0 Å². The lowest BCUT2D eigenvalue weighted by Crippen LogP contribution is -2.54. The van der Waals surface area contributed by atoms with Crippen LogP contribution >= 0.6 is 23.8 Å². The summed E-state index contributed by atoms with van der Waals surface area (Å²) >= 11 is 11.1. The third-order valence-corrected chi connectivity index (χ3v) is 4.74. The van der Waals surface area contributed by atoms with E-state index in [2.05, 4.69) is 5.32 Å². The zero-order valence-corrected chi connectivity index (χ0v) is 16.3. The number of para-hydroxylation sites is 1. The number of carbonyl (C=O) groups is 2. The molecule has 0 radical (unpaired) electrons. The molecule has 1 aliphatic rings. The highest BCUT2D eigenvalue weighted by molar-refractivity contribution is 7.80. The van der Waals surface area contributed by atoms with E-state index in [0.29, 0.717) is 10.8 Å². The first-order valence-corrected chi connectivity index (χ1v) is 9.24. The highest BCUT2D eigenvalue weighted by atomic mass is 35.5. The Morgan fingerprint density at radius 1 is 1.07 bits per heavy atom. The molecule has 3 aromatic rings. The van der Waals surface area contributed by atoms with Gasteiger partial charge in [0, 0.05) is 10.6 Å². The Bertz CT molecular complexity index is 1190. The summed E-state index contributed by atoms with van der Waals surface area (Å²) in [7, 11) is 0. The number of hydrogen-bond donors (Lipinski definition) is 1. The van der Waals surface area contributed by atoms with E-state index >= 15 is 0 Å². The second kappa shape index (κ2) is 7.62. The van der Waals surface area contributed by atoms with Crippen molar-refractivity contribution < 1.29 is 18.4 Å². The fourth-order valence-corrected chi connectivity index (χ4v) is 3.34. The quantitative estimate of drug-likeness (QED) is 0.378. The predicted octanol–water partition coefficient (Wildman–Crippen LogP) is 4.57. The SMILES string of the molecule is O=C1NC(=S)N(c2ccccc2F)C(=O)/C1=C/c1ccc(-c2cccc(Cl)c2)o1. The summed E-state index contributed by atoms with van der Waals surface area (Å²) in [4.78, 5) is 26.2. The number of carbonyl (C=O) groups excluding carboxylic acids is 2. The molecule has 2 amide bonds. The van der Waals surface area contributed by atoms with E-state index in [1.165, 1.54) is 24.3 Å². The molecule has 0 saturated carbocycles. The Morgan fingerprint density at radius 3 is 2.62 bits per heavy atom. The zero-order valence-electron chi connectivity index (χ0n) is 14.7. The monoisotopic (exact) mass is 426 g/mol. The summed E-state index contributed by atoms with van der Waals surface area (Å²) < 4.78 is 19.9. The molecule has 1 fully saturated rings.